The molecule has 1 aromatic heterocycles. The maximum Gasteiger partial charge on any atom is 0.261 e. The van der Waals surface area contributed by atoms with E-state index in [1.807, 2.05) is 64.1 Å². The summed E-state index contributed by atoms with van der Waals surface area (Å²) < 4.78 is 1.89. The van der Waals surface area contributed by atoms with Gasteiger partial charge in [-0.3, -0.25) is 28.8 Å². The fourth-order valence-electron chi connectivity index (χ4n) is 5.47. The van der Waals surface area contributed by atoms with E-state index in [1.54, 1.807) is 12.1 Å². The van der Waals surface area contributed by atoms with Gasteiger partial charge in [-0.1, -0.05) is 54.2 Å². The van der Waals surface area contributed by atoms with Gasteiger partial charge in [0, 0.05) is 67.9 Å². The van der Waals surface area contributed by atoms with Crippen molar-refractivity contribution in [3.8, 4) is 5.69 Å². The molecule has 41 heavy (non-hydrogen) atoms. The summed E-state index contributed by atoms with van der Waals surface area (Å²) >= 11 is 1.32. The van der Waals surface area contributed by atoms with Crippen LogP contribution in [0.15, 0.2) is 71.9 Å². The van der Waals surface area contributed by atoms with Gasteiger partial charge in [0.1, 0.15) is 5.82 Å². The Hall–Kier alpha value is -4.06. The van der Waals surface area contributed by atoms with Crippen LogP contribution in [0.4, 0.5) is 0 Å². The van der Waals surface area contributed by atoms with Crippen LogP contribution in [-0.4, -0.2) is 104 Å². The summed E-state index contributed by atoms with van der Waals surface area (Å²) in [6.45, 7) is 3.63. The zero-order valence-electron chi connectivity index (χ0n) is 22.5. The Bertz CT molecular complexity index is 1550. The second-order valence-corrected chi connectivity index (χ2v) is 11.0. The fraction of sp³-hybridized carbons (Fsp3) is 0.300. The largest absolute Gasteiger partial charge is 0.395 e. The first-order valence-corrected chi connectivity index (χ1v) is 14.6. The van der Waals surface area contributed by atoms with Gasteiger partial charge in [0.15, 0.2) is 5.16 Å². The summed E-state index contributed by atoms with van der Waals surface area (Å²) in [5.74, 6) is 0.213. The molecule has 1 fully saturated rings. The Morgan fingerprint density at radius 3 is 2.17 bits per heavy atom. The second kappa shape index (κ2) is 11.8. The van der Waals surface area contributed by atoms with Gasteiger partial charge in [-0.15, -0.1) is 10.2 Å². The van der Waals surface area contributed by atoms with Crippen LogP contribution in [0.2, 0.25) is 0 Å². The van der Waals surface area contributed by atoms with Crippen molar-refractivity contribution in [3.63, 3.8) is 0 Å². The summed E-state index contributed by atoms with van der Waals surface area (Å²) in [7, 11) is 0. The third-order valence-corrected chi connectivity index (χ3v) is 8.51. The number of aliphatic hydroxyl groups excluding tert-OH is 1. The highest BCUT2D eigenvalue weighted by molar-refractivity contribution is 7.99. The predicted molar refractivity (Wildman–Crippen MR) is 155 cm³/mol. The molecule has 2 aliphatic rings. The van der Waals surface area contributed by atoms with Crippen molar-refractivity contribution in [1.29, 1.82) is 0 Å². The number of carbonyl (C=O) groups excluding carboxylic acids is 3. The smallest absolute Gasteiger partial charge is 0.261 e. The summed E-state index contributed by atoms with van der Waals surface area (Å²) in [4.78, 5) is 45.0. The number of nitrogens with zero attached hydrogens (tertiary/aromatic N) is 6. The van der Waals surface area contributed by atoms with Crippen LogP contribution >= 0.6 is 11.8 Å². The molecule has 3 amide bonds. The van der Waals surface area contributed by atoms with Crippen molar-refractivity contribution < 1.29 is 19.5 Å². The summed E-state index contributed by atoms with van der Waals surface area (Å²) in [6.07, 6.45) is 0.304. The minimum Gasteiger partial charge on any atom is -0.395 e. The van der Waals surface area contributed by atoms with Crippen LogP contribution in [0.3, 0.4) is 0 Å². The molecule has 0 atom stereocenters. The van der Waals surface area contributed by atoms with E-state index in [1.165, 1.54) is 16.7 Å². The van der Waals surface area contributed by atoms with Crippen molar-refractivity contribution in [3.05, 3.63) is 83.7 Å². The van der Waals surface area contributed by atoms with E-state index in [0.717, 1.165) is 24.2 Å². The highest BCUT2D eigenvalue weighted by Gasteiger charge is 2.33. The molecule has 210 valence electrons. The second-order valence-electron chi connectivity index (χ2n) is 10.0. The molecule has 0 unspecified atom stereocenters. The van der Waals surface area contributed by atoms with Crippen molar-refractivity contribution in [2.24, 2.45) is 0 Å². The minimum atomic E-state index is -0.315. The highest BCUT2D eigenvalue weighted by Crippen LogP contribution is 2.30. The third-order valence-electron chi connectivity index (χ3n) is 7.60. The van der Waals surface area contributed by atoms with Crippen LogP contribution in [-0.2, 0) is 11.2 Å². The first-order valence-electron chi connectivity index (χ1n) is 13.7. The quantitative estimate of drug-likeness (QED) is 0.241. The number of carbonyl (C=O) groups is 3. The van der Waals surface area contributed by atoms with Gasteiger partial charge in [0.05, 0.1) is 12.4 Å². The average molecular weight is 571 g/mol. The Balaban J connectivity index is 1.19. The van der Waals surface area contributed by atoms with Crippen molar-refractivity contribution in [1.82, 2.24) is 29.5 Å². The van der Waals surface area contributed by atoms with E-state index < -0.39 is 0 Å². The number of thioether (sulfide) groups is 1. The monoisotopic (exact) mass is 570 g/mol. The van der Waals surface area contributed by atoms with E-state index in [2.05, 4.69) is 15.1 Å². The lowest BCUT2D eigenvalue weighted by atomic mass is 9.94. The lowest BCUT2D eigenvalue weighted by Crippen LogP contribution is -2.49. The maximum absolute atomic E-state index is 13.4. The molecule has 3 heterocycles. The molecule has 6 rings (SSSR count). The van der Waals surface area contributed by atoms with Crippen molar-refractivity contribution in [2.45, 2.75) is 11.6 Å². The molecule has 0 spiro atoms. The third kappa shape index (κ3) is 5.35. The van der Waals surface area contributed by atoms with E-state index in [9.17, 15) is 14.4 Å². The molecule has 4 aromatic rings. The lowest BCUT2D eigenvalue weighted by molar-refractivity contribution is -0.130. The number of aliphatic hydroxyl groups is 1. The first kappa shape index (κ1) is 27.1. The standard InChI is InChI=1S/C30H30N6O4S/c37-19-18-33-14-16-34(17-15-33)26(38)20-41-30-32-31-25(36(30)22-8-2-1-3-9-22)12-13-35-28(39)23-10-4-6-21-7-5-11-24(27(21)23)29(35)40/h1-11,37H,12-20H2. The molecule has 0 saturated carbocycles. The molecule has 0 aliphatic carbocycles. The van der Waals surface area contributed by atoms with Gasteiger partial charge in [0.25, 0.3) is 11.8 Å². The normalized spacial score (nSPS) is 15.6. The number of para-hydroxylation sites is 1. The molecule has 0 bridgehead atoms. The number of β-amino-alcohol motifs (C(OH)–C–C–N with tert-alkyl or cyclic N) is 1. The van der Waals surface area contributed by atoms with Crippen LogP contribution in [0.25, 0.3) is 16.5 Å². The molecular formula is C30H30N6O4S. The van der Waals surface area contributed by atoms with Gasteiger partial charge >= 0.3 is 0 Å². The zero-order chi connectivity index (χ0) is 28.3. The molecule has 0 radical (unpaired) electrons. The van der Waals surface area contributed by atoms with E-state index >= 15 is 0 Å². The number of hydrogen-bond acceptors (Lipinski definition) is 8. The zero-order valence-corrected chi connectivity index (χ0v) is 23.3. The Morgan fingerprint density at radius 1 is 0.829 bits per heavy atom. The average Bonchev–Trinajstić information content (AvgIpc) is 3.42. The van der Waals surface area contributed by atoms with E-state index in [4.69, 9.17) is 5.11 Å². The first-order chi connectivity index (χ1) is 20.0. The number of amides is 3. The van der Waals surface area contributed by atoms with Crippen LogP contribution in [0, 0.1) is 0 Å². The molecule has 1 saturated heterocycles. The van der Waals surface area contributed by atoms with E-state index in [0.29, 0.717) is 53.5 Å². The highest BCUT2D eigenvalue weighted by atomic mass is 32.2. The summed E-state index contributed by atoms with van der Waals surface area (Å²) in [6, 6.07) is 20.6. The molecule has 3 aromatic carbocycles. The Labute approximate surface area is 241 Å². The summed E-state index contributed by atoms with van der Waals surface area (Å²) in [5, 5.41) is 20.1. The number of rotatable bonds is 9. The fourth-order valence-corrected chi connectivity index (χ4v) is 6.34. The number of hydrogen-bond donors (Lipinski definition) is 1. The molecular weight excluding hydrogens is 540 g/mol. The van der Waals surface area contributed by atoms with E-state index in [-0.39, 0.29) is 36.6 Å². The van der Waals surface area contributed by atoms with Crippen LogP contribution in [0.5, 0.6) is 0 Å². The topological polar surface area (TPSA) is 112 Å². The number of benzene rings is 3. The Kier molecular flexibility index (Phi) is 7.82. The predicted octanol–water partition coefficient (Wildman–Crippen LogP) is 2.49. The van der Waals surface area contributed by atoms with Gasteiger partial charge in [0.2, 0.25) is 5.91 Å². The maximum atomic E-state index is 13.4. The van der Waals surface area contributed by atoms with Crippen molar-refractivity contribution in [2.75, 3.05) is 51.6 Å². The van der Waals surface area contributed by atoms with Gasteiger partial charge in [-0.25, -0.2) is 0 Å². The number of aromatic nitrogens is 3. The van der Waals surface area contributed by atoms with Crippen LogP contribution < -0.4 is 0 Å². The number of imide groups is 1. The Morgan fingerprint density at radius 2 is 1.51 bits per heavy atom. The molecule has 1 N–H and O–H groups in total. The lowest BCUT2D eigenvalue weighted by Gasteiger charge is -2.34. The minimum absolute atomic E-state index is 0.0279. The molecule has 10 nitrogen and oxygen atoms in total. The van der Waals surface area contributed by atoms with Gasteiger partial charge < -0.3 is 10.0 Å². The molecule has 11 heteroatoms. The van der Waals surface area contributed by atoms with Crippen LogP contribution in [0.1, 0.15) is 26.5 Å². The van der Waals surface area contributed by atoms with Gasteiger partial charge in [-0.05, 0) is 29.7 Å². The van der Waals surface area contributed by atoms with Crippen molar-refractivity contribution >= 4 is 40.3 Å². The summed E-state index contributed by atoms with van der Waals surface area (Å²) in [5.41, 5.74) is 1.88. The number of piperazine rings is 1. The SMILES string of the molecule is O=C(CSc1nnc(CCN2C(=O)c3cccc4cccc(c34)C2=O)n1-c1ccccc1)N1CCN(CCO)CC1. The van der Waals surface area contributed by atoms with Gasteiger partial charge in [-0.2, -0.15) is 0 Å². The molecule has 2 aliphatic heterocycles.